The number of benzene rings is 1. The van der Waals surface area contributed by atoms with Crippen molar-refractivity contribution >= 4 is 11.6 Å². The number of rotatable bonds is 8. The number of nitro benzene ring substituents is 1. The van der Waals surface area contributed by atoms with E-state index in [1.807, 2.05) is 19.9 Å². The Balaban J connectivity index is 2.76. The molecule has 0 radical (unpaired) electrons. The number of amides is 1. The molecule has 1 aromatic rings. The molecule has 0 aliphatic rings. The van der Waals surface area contributed by atoms with Gasteiger partial charge >= 0.3 is 0 Å². The average molecular weight is 293 g/mol. The van der Waals surface area contributed by atoms with Gasteiger partial charge in [-0.25, -0.2) is 0 Å². The summed E-state index contributed by atoms with van der Waals surface area (Å²) in [5, 5.41) is 16.9. The fourth-order valence-electron chi connectivity index (χ4n) is 2.08. The maximum absolute atomic E-state index is 11.9. The van der Waals surface area contributed by atoms with Crippen LogP contribution in [0.4, 0.5) is 5.69 Å². The average Bonchev–Trinajstić information content (AvgIpc) is 2.49. The largest absolute Gasteiger partial charge is 0.355 e. The van der Waals surface area contributed by atoms with E-state index in [1.165, 1.54) is 6.07 Å². The first-order chi connectivity index (χ1) is 9.99. The smallest absolute Gasteiger partial charge is 0.269 e. The zero-order valence-electron chi connectivity index (χ0n) is 12.8. The third kappa shape index (κ3) is 5.15. The lowest BCUT2D eigenvalue weighted by molar-refractivity contribution is -0.384. The summed E-state index contributed by atoms with van der Waals surface area (Å²) in [7, 11) is 0. The second kappa shape index (κ2) is 8.36. The molecular weight excluding hydrogens is 270 g/mol. The van der Waals surface area contributed by atoms with Gasteiger partial charge in [0, 0.05) is 24.7 Å². The molecule has 6 nitrogen and oxygen atoms in total. The molecule has 0 heterocycles. The lowest BCUT2D eigenvalue weighted by atomic mass is 10.0. The van der Waals surface area contributed by atoms with E-state index in [2.05, 4.69) is 10.6 Å². The van der Waals surface area contributed by atoms with Crippen molar-refractivity contribution in [1.29, 1.82) is 0 Å². The third-order valence-corrected chi connectivity index (χ3v) is 3.29. The summed E-state index contributed by atoms with van der Waals surface area (Å²) in [5.41, 5.74) is 0.887. The predicted molar refractivity (Wildman–Crippen MR) is 82.0 cm³/mol. The molecule has 0 saturated carbocycles. The van der Waals surface area contributed by atoms with E-state index in [1.54, 1.807) is 19.1 Å². The van der Waals surface area contributed by atoms with Gasteiger partial charge in [0.05, 0.1) is 11.0 Å². The number of hydrogen-bond donors (Lipinski definition) is 2. The van der Waals surface area contributed by atoms with Crippen LogP contribution in [0, 0.1) is 10.1 Å². The van der Waals surface area contributed by atoms with Crippen LogP contribution in [0.5, 0.6) is 0 Å². The number of nitro groups is 1. The molecule has 0 aromatic heterocycles. The molecule has 0 fully saturated rings. The minimum Gasteiger partial charge on any atom is -0.355 e. The van der Waals surface area contributed by atoms with Crippen molar-refractivity contribution in [3.63, 3.8) is 0 Å². The van der Waals surface area contributed by atoms with Crippen molar-refractivity contribution in [2.45, 2.75) is 45.7 Å². The maximum atomic E-state index is 11.9. The summed E-state index contributed by atoms with van der Waals surface area (Å²) < 4.78 is 0. The number of nitrogens with one attached hydrogen (secondary N) is 2. The number of non-ortho nitro benzene ring substituents is 1. The standard InChI is InChI=1S/C15H23N3O3/c1-4-9-16-15(19)11(3)17-14(5-2)12-7-6-8-13(10-12)18(20)21/h6-8,10-11,14,17H,4-5,9H2,1-3H3,(H,16,19). The summed E-state index contributed by atoms with van der Waals surface area (Å²) in [6.07, 6.45) is 1.63. The molecule has 1 amide bonds. The van der Waals surface area contributed by atoms with E-state index in [4.69, 9.17) is 0 Å². The summed E-state index contributed by atoms with van der Waals surface area (Å²) in [6.45, 7) is 6.42. The molecule has 1 aromatic carbocycles. The molecule has 116 valence electrons. The van der Waals surface area contributed by atoms with Crippen LogP contribution in [0.1, 0.15) is 45.2 Å². The molecule has 21 heavy (non-hydrogen) atoms. The molecule has 6 heteroatoms. The summed E-state index contributed by atoms with van der Waals surface area (Å²) >= 11 is 0. The summed E-state index contributed by atoms with van der Waals surface area (Å²) in [5.74, 6) is -0.0549. The van der Waals surface area contributed by atoms with Crippen molar-refractivity contribution in [2.24, 2.45) is 0 Å². The van der Waals surface area contributed by atoms with Gasteiger partial charge < -0.3 is 5.32 Å². The maximum Gasteiger partial charge on any atom is 0.269 e. The minimum absolute atomic E-state index is 0.0549. The zero-order valence-corrected chi connectivity index (χ0v) is 12.8. The minimum atomic E-state index is -0.409. The lowest BCUT2D eigenvalue weighted by Crippen LogP contribution is -2.43. The van der Waals surface area contributed by atoms with Crippen LogP contribution in [0.3, 0.4) is 0 Å². The Hall–Kier alpha value is -1.95. The van der Waals surface area contributed by atoms with E-state index in [-0.39, 0.29) is 23.7 Å². The number of hydrogen-bond acceptors (Lipinski definition) is 4. The molecule has 0 saturated heterocycles. The Kier molecular flexibility index (Phi) is 6.81. The fourth-order valence-corrected chi connectivity index (χ4v) is 2.08. The molecule has 1 rings (SSSR count). The second-order valence-electron chi connectivity index (χ2n) is 4.99. The van der Waals surface area contributed by atoms with Crippen LogP contribution in [0.2, 0.25) is 0 Å². The van der Waals surface area contributed by atoms with Crippen molar-refractivity contribution in [2.75, 3.05) is 6.54 Å². The Labute approximate surface area is 125 Å². The topological polar surface area (TPSA) is 84.3 Å². The molecule has 0 aliphatic heterocycles. The monoisotopic (exact) mass is 293 g/mol. The van der Waals surface area contributed by atoms with Gasteiger partial charge in [-0.2, -0.15) is 0 Å². The molecule has 2 atom stereocenters. The van der Waals surface area contributed by atoms with E-state index >= 15 is 0 Å². The van der Waals surface area contributed by atoms with Crippen LogP contribution in [0.25, 0.3) is 0 Å². The van der Waals surface area contributed by atoms with Gasteiger partial charge in [0.15, 0.2) is 0 Å². The highest BCUT2D eigenvalue weighted by Crippen LogP contribution is 2.22. The van der Waals surface area contributed by atoms with Gasteiger partial charge in [0.2, 0.25) is 5.91 Å². The molecule has 0 bridgehead atoms. The van der Waals surface area contributed by atoms with Crippen LogP contribution < -0.4 is 10.6 Å². The van der Waals surface area contributed by atoms with Crippen LogP contribution in [0.15, 0.2) is 24.3 Å². The van der Waals surface area contributed by atoms with E-state index < -0.39 is 4.92 Å². The van der Waals surface area contributed by atoms with Gasteiger partial charge in [-0.3, -0.25) is 20.2 Å². The number of carbonyl (C=O) groups is 1. The van der Waals surface area contributed by atoms with Crippen molar-refractivity contribution in [1.82, 2.24) is 10.6 Å². The first-order valence-corrected chi connectivity index (χ1v) is 7.27. The van der Waals surface area contributed by atoms with Crippen molar-refractivity contribution in [3.8, 4) is 0 Å². The van der Waals surface area contributed by atoms with Gasteiger partial charge in [0.1, 0.15) is 0 Å². The number of nitrogens with zero attached hydrogens (tertiary/aromatic N) is 1. The Bertz CT molecular complexity index is 491. The molecule has 0 spiro atoms. The number of carbonyl (C=O) groups excluding carboxylic acids is 1. The quantitative estimate of drug-likeness (QED) is 0.570. The molecule has 2 N–H and O–H groups in total. The summed E-state index contributed by atoms with van der Waals surface area (Å²) in [6, 6.07) is 6.09. The fraction of sp³-hybridized carbons (Fsp3) is 0.533. The lowest BCUT2D eigenvalue weighted by Gasteiger charge is -2.22. The predicted octanol–water partition coefficient (Wildman–Crippen LogP) is 2.55. The highest BCUT2D eigenvalue weighted by Gasteiger charge is 2.19. The van der Waals surface area contributed by atoms with Gasteiger partial charge in [-0.05, 0) is 25.3 Å². The van der Waals surface area contributed by atoms with Gasteiger partial charge in [-0.15, -0.1) is 0 Å². The first-order valence-electron chi connectivity index (χ1n) is 7.27. The van der Waals surface area contributed by atoms with Gasteiger partial charge in [0.25, 0.3) is 5.69 Å². The highest BCUT2D eigenvalue weighted by molar-refractivity contribution is 5.81. The second-order valence-corrected chi connectivity index (χ2v) is 4.99. The summed E-state index contributed by atoms with van der Waals surface area (Å²) in [4.78, 5) is 22.3. The van der Waals surface area contributed by atoms with E-state index in [0.717, 1.165) is 18.4 Å². The molecule has 0 aliphatic carbocycles. The van der Waals surface area contributed by atoms with Crippen LogP contribution in [-0.4, -0.2) is 23.4 Å². The Morgan fingerprint density at radius 1 is 1.38 bits per heavy atom. The zero-order chi connectivity index (χ0) is 15.8. The Morgan fingerprint density at radius 2 is 2.10 bits per heavy atom. The van der Waals surface area contributed by atoms with E-state index in [0.29, 0.717) is 6.54 Å². The Morgan fingerprint density at radius 3 is 2.67 bits per heavy atom. The van der Waals surface area contributed by atoms with Gasteiger partial charge in [-0.1, -0.05) is 26.0 Å². The van der Waals surface area contributed by atoms with Crippen molar-refractivity contribution < 1.29 is 9.72 Å². The third-order valence-electron chi connectivity index (χ3n) is 3.29. The SMILES string of the molecule is CCCNC(=O)C(C)NC(CC)c1cccc([N+](=O)[O-])c1. The molecular formula is C15H23N3O3. The van der Waals surface area contributed by atoms with Crippen molar-refractivity contribution in [3.05, 3.63) is 39.9 Å². The van der Waals surface area contributed by atoms with E-state index in [9.17, 15) is 14.9 Å². The van der Waals surface area contributed by atoms with Crippen LogP contribution in [-0.2, 0) is 4.79 Å². The highest BCUT2D eigenvalue weighted by atomic mass is 16.6. The first kappa shape index (κ1) is 17.1. The normalized spacial score (nSPS) is 13.5. The van der Waals surface area contributed by atoms with Crippen LogP contribution >= 0.6 is 0 Å². The molecule has 2 unspecified atom stereocenters.